The lowest BCUT2D eigenvalue weighted by atomic mass is 10.0. The zero-order valence-corrected chi connectivity index (χ0v) is 15.2. The third kappa shape index (κ3) is 5.06. The van der Waals surface area contributed by atoms with Crippen molar-refractivity contribution >= 4 is 28.7 Å². The predicted octanol–water partition coefficient (Wildman–Crippen LogP) is 3.80. The molecule has 0 aliphatic rings. The van der Waals surface area contributed by atoms with Gasteiger partial charge in [-0.05, 0) is 23.8 Å². The maximum absolute atomic E-state index is 12.8. The monoisotopic (exact) mass is 388 g/mol. The molecule has 142 valence electrons. The van der Waals surface area contributed by atoms with Crippen LogP contribution in [-0.4, -0.2) is 24.5 Å². The largest absolute Gasteiger partial charge is 0.416 e. The highest BCUT2D eigenvalue weighted by molar-refractivity contribution is 7.16. The van der Waals surface area contributed by atoms with Crippen molar-refractivity contribution in [2.24, 2.45) is 0 Å². The molecule has 1 aromatic heterocycles. The molecule has 0 spiro atoms. The van der Waals surface area contributed by atoms with Crippen molar-refractivity contribution in [1.82, 2.24) is 5.32 Å². The maximum atomic E-state index is 12.8. The number of thiophene rings is 1. The van der Waals surface area contributed by atoms with Gasteiger partial charge in [-0.1, -0.05) is 26.0 Å². The lowest BCUT2D eigenvalue weighted by Gasteiger charge is -2.12. The second kappa shape index (κ2) is 9.35. The van der Waals surface area contributed by atoms with E-state index in [1.165, 1.54) is 18.2 Å². The Labute approximate surface area is 152 Å². The van der Waals surface area contributed by atoms with Gasteiger partial charge >= 0.3 is 6.18 Å². The fraction of sp³-hybridized carbons (Fsp3) is 0.294. The van der Waals surface area contributed by atoms with Crippen LogP contribution in [0.2, 0.25) is 0 Å². The number of alkyl halides is 3. The number of aliphatic hydroxyl groups is 1. The quantitative estimate of drug-likeness (QED) is 0.681. The van der Waals surface area contributed by atoms with Gasteiger partial charge in [0.25, 0.3) is 5.91 Å². The molecule has 0 aliphatic carbocycles. The summed E-state index contributed by atoms with van der Waals surface area (Å²) in [6.45, 7) is 4.00. The van der Waals surface area contributed by atoms with Gasteiger partial charge in [-0.2, -0.15) is 13.2 Å². The van der Waals surface area contributed by atoms with Crippen molar-refractivity contribution in [2.45, 2.75) is 26.1 Å². The van der Waals surface area contributed by atoms with Gasteiger partial charge in [0.15, 0.2) is 0 Å². The van der Waals surface area contributed by atoms with E-state index in [9.17, 15) is 27.9 Å². The van der Waals surface area contributed by atoms with Crippen LogP contribution in [0.1, 0.15) is 46.3 Å². The molecule has 0 radical (unpaired) electrons. The van der Waals surface area contributed by atoms with Gasteiger partial charge in [0, 0.05) is 11.9 Å². The summed E-state index contributed by atoms with van der Waals surface area (Å²) in [5.41, 5.74) is -0.699. The van der Waals surface area contributed by atoms with E-state index in [0.29, 0.717) is 5.00 Å². The van der Waals surface area contributed by atoms with Crippen LogP contribution >= 0.6 is 11.3 Å². The van der Waals surface area contributed by atoms with Crippen LogP contribution in [-0.2, 0) is 11.0 Å². The summed E-state index contributed by atoms with van der Waals surface area (Å²) in [5.74, 6) is -0.673. The molecule has 2 amide bonds. The average molecular weight is 388 g/mol. The van der Waals surface area contributed by atoms with Gasteiger partial charge in [-0.25, -0.2) is 0 Å². The van der Waals surface area contributed by atoms with Crippen LogP contribution in [0.3, 0.4) is 0 Å². The van der Waals surface area contributed by atoms with E-state index in [1.807, 2.05) is 19.2 Å². The molecule has 9 heteroatoms. The number of nitrogens with one attached hydrogen (secondary N) is 2. The van der Waals surface area contributed by atoms with Crippen molar-refractivity contribution in [3.8, 4) is 0 Å². The normalized spacial score (nSPS) is 11.8. The number of aliphatic hydroxyl groups excluding tert-OH is 1. The van der Waals surface area contributed by atoms with Crippen molar-refractivity contribution in [1.29, 1.82) is 0 Å². The summed E-state index contributed by atoms with van der Waals surface area (Å²) < 4.78 is 38.3. The molecule has 1 unspecified atom stereocenters. The number of hydrogen-bond donors (Lipinski definition) is 3. The van der Waals surface area contributed by atoms with Crippen molar-refractivity contribution in [3.05, 3.63) is 51.9 Å². The number of imide groups is 1. The highest BCUT2D eigenvalue weighted by atomic mass is 32.1. The predicted molar refractivity (Wildman–Crippen MR) is 94.2 cm³/mol. The van der Waals surface area contributed by atoms with Gasteiger partial charge in [-0.3, -0.25) is 14.9 Å². The van der Waals surface area contributed by atoms with Gasteiger partial charge in [-0.15, -0.1) is 11.3 Å². The van der Waals surface area contributed by atoms with E-state index in [2.05, 4.69) is 5.32 Å². The van der Waals surface area contributed by atoms with Crippen LogP contribution < -0.4 is 10.6 Å². The number of halogens is 3. The number of benzene rings is 1. The van der Waals surface area contributed by atoms with Crippen LogP contribution in [0, 0.1) is 0 Å². The smallest absolute Gasteiger partial charge is 0.383 e. The third-order valence-electron chi connectivity index (χ3n) is 3.21. The highest BCUT2D eigenvalue weighted by Gasteiger charge is 2.31. The summed E-state index contributed by atoms with van der Waals surface area (Å²) in [6.07, 6.45) is -5.62. The van der Waals surface area contributed by atoms with Crippen LogP contribution in [0.25, 0.3) is 0 Å². The van der Waals surface area contributed by atoms with Crippen LogP contribution in [0.4, 0.5) is 18.2 Å². The third-order valence-corrected chi connectivity index (χ3v) is 4.42. The Morgan fingerprint density at radius 3 is 2.46 bits per heavy atom. The van der Waals surface area contributed by atoms with Crippen LogP contribution in [0.15, 0.2) is 30.3 Å². The first kappa shape index (κ1) is 21.7. The summed E-state index contributed by atoms with van der Waals surface area (Å²) in [4.78, 5) is 22.4. The van der Waals surface area contributed by atoms with Crippen molar-refractivity contribution in [3.63, 3.8) is 0 Å². The Kier molecular flexibility index (Phi) is 7.78. The van der Waals surface area contributed by atoms with Gasteiger partial charge in [0.1, 0.15) is 11.1 Å². The molecule has 0 fully saturated rings. The minimum atomic E-state index is -4.52. The molecule has 0 saturated heterocycles. The number of anilines is 1. The molecule has 0 bridgehead atoms. The zero-order valence-electron chi connectivity index (χ0n) is 14.3. The molecule has 5 nitrogen and oxygen atoms in total. The van der Waals surface area contributed by atoms with Gasteiger partial charge in [0.2, 0.25) is 6.41 Å². The molecule has 1 heterocycles. The minimum Gasteiger partial charge on any atom is -0.383 e. The first-order chi connectivity index (χ1) is 12.3. The van der Waals surface area contributed by atoms with Gasteiger partial charge in [0.05, 0.1) is 11.1 Å². The first-order valence-electron chi connectivity index (χ1n) is 7.69. The lowest BCUT2D eigenvalue weighted by Crippen LogP contribution is -2.21. The molecule has 0 aliphatic heterocycles. The van der Waals surface area contributed by atoms with E-state index >= 15 is 0 Å². The maximum Gasteiger partial charge on any atom is 0.416 e. The fourth-order valence-corrected chi connectivity index (χ4v) is 3.10. The number of carbonyl (C=O) groups excluding carboxylic acids is 2. The fourth-order valence-electron chi connectivity index (χ4n) is 2.08. The topological polar surface area (TPSA) is 78.4 Å². The summed E-state index contributed by atoms with van der Waals surface area (Å²) in [7, 11) is 1.55. The molecular formula is C17H19F3N2O3S. The Bertz CT molecular complexity index is 760. The molecule has 0 saturated carbocycles. The number of carbonyl (C=O) groups is 2. The molecule has 1 atom stereocenters. The molecule has 1 aromatic carbocycles. The van der Waals surface area contributed by atoms with Crippen molar-refractivity contribution < 1.29 is 27.9 Å². The summed E-state index contributed by atoms with van der Waals surface area (Å²) >= 11 is 1.01. The number of hydrogen-bond acceptors (Lipinski definition) is 5. The van der Waals surface area contributed by atoms with E-state index in [4.69, 9.17) is 0 Å². The second-order valence-electron chi connectivity index (χ2n) is 4.76. The van der Waals surface area contributed by atoms with E-state index in [1.54, 1.807) is 7.05 Å². The first-order valence-corrected chi connectivity index (χ1v) is 8.50. The summed E-state index contributed by atoms with van der Waals surface area (Å²) in [6, 6.07) is 5.67. The second-order valence-corrected chi connectivity index (χ2v) is 5.84. The Balaban J connectivity index is 0.00000163. The number of amides is 2. The SMILES string of the molecule is CC.CNc1sc(C(O)c2cccc(C(F)(F)F)c2)cc1C(=O)NC=O. The Morgan fingerprint density at radius 1 is 1.27 bits per heavy atom. The average Bonchev–Trinajstić information content (AvgIpc) is 3.07. The van der Waals surface area contributed by atoms with E-state index < -0.39 is 23.8 Å². The minimum absolute atomic E-state index is 0.0519. The van der Waals surface area contributed by atoms with Crippen LogP contribution in [0.5, 0.6) is 0 Å². The van der Waals surface area contributed by atoms with E-state index in [-0.39, 0.29) is 22.4 Å². The lowest BCUT2D eigenvalue weighted by molar-refractivity contribution is -0.137. The standard InChI is InChI=1S/C15H13F3N2O3S.C2H6/c1-19-14-10(13(23)20-7-21)6-11(24-14)12(22)8-3-2-4-9(5-8)15(16,17)18;1-2/h2-7,12,19,22H,1H3,(H,20,21,23);1-2H3. The molecule has 3 N–H and O–H groups in total. The molecule has 2 rings (SSSR count). The zero-order chi connectivity index (χ0) is 19.9. The molecular weight excluding hydrogens is 369 g/mol. The Morgan fingerprint density at radius 2 is 1.92 bits per heavy atom. The van der Waals surface area contributed by atoms with Gasteiger partial charge < -0.3 is 10.4 Å². The molecule has 2 aromatic rings. The van der Waals surface area contributed by atoms with Crippen molar-refractivity contribution in [2.75, 3.05) is 12.4 Å². The number of rotatable bonds is 5. The van der Waals surface area contributed by atoms with E-state index in [0.717, 1.165) is 23.5 Å². The summed E-state index contributed by atoms with van der Waals surface area (Å²) in [5, 5.41) is 15.4. The highest BCUT2D eigenvalue weighted by Crippen LogP contribution is 2.36. The Hall–Kier alpha value is -2.39. The molecule has 26 heavy (non-hydrogen) atoms.